The molecule has 0 saturated heterocycles. The Kier molecular flexibility index (Phi) is 6.61. The molecule has 0 aliphatic carbocycles. The van der Waals surface area contributed by atoms with E-state index in [1.807, 2.05) is 13.0 Å². The van der Waals surface area contributed by atoms with E-state index in [0.717, 1.165) is 11.1 Å². The fourth-order valence-electron chi connectivity index (χ4n) is 3.07. The lowest BCUT2D eigenvalue weighted by molar-refractivity contribution is 0.0815. The van der Waals surface area contributed by atoms with Gasteiger partial charge in [-0.15, -0.1) is 0 Å². The summed E-state index contributed by atoms with van der Waals surface area (Å²) in [7, 11) is 0. The topological polar surface area (TPSA) is 89.3 Å². The van der Waals surface area contributed by atoms with Crippen LogP contribution in [0.5, 0.6) is 5.75 Å². The van der Waals surface area contributed by atoms with Crippen LogP contribution in [0.2, 0.25) is 0 Å². The normalized spacial score (nSPS) is 13.4. The second-order valence-electron chi connectivity index (χ2n) is 7.16. The third-order valence-electron chi connectivity index (χ3n) is 4.67. The molecule has 2 aromatic heterocycles. The smallest absolute Gasteiger partial charge is 0.272 e. The van der Waals surface area contributed by atoms with E-state index in [1.165, 1.54) is 6.20 Å². The number of rotatable bonds is 8. The first kappa shape index (κ1) is 21.6. The minimum atomic E-state index is -2.53. The summed E-state index contributed by atoms with van der Waals surface area (Å²) >= 11 is 0. The van der Waals surface area contributed by atoms with Gasteiger partial charge in [0, 0.05) is 18.9 Å². The molecule has 0 spiro atoms. The number of benzene rings is 1. The molecule has 7 nitrogen and oxygen atoms in total. The van der Waals surface area contributed by atoms with Crippen molar-refractivity contribution in [2.45, 2.75) is 39.3 Å². The summed E-state index contributed by atoms with van der Waals surface area (Å²) in [5.41, 5.74) is 2.51. The zero-order valence-corrected chi connectivity index (χ0v) is 17.0. The summed E-state index contributed by atoms with van der Waals surface area (Å²) in [6.07, 6.45) is 0.0776. The molecular formula is C21H24F2N4O3. The second-order valence-corrected chi connectivity index (χ2v) is 7.16. The lowest BCUT2D eigenvalue weighted by atomic mass is 10.1. The number of amides is 1. The largest absolute Gasteiger partial charge is 0.487 e. The Morgan fingerprint density at radius 2 is 2.07 bits per heavy atom. The molecule has 3 rings (SSSR count). The van der Waals surface area contributed by atoms with E-state index in [1.54, 1.807) is 42.9 Å². The Labute approximate surface area is 172 Å². The van der Waals surface area contributed by atoms with Crippen molar-refractivity contribution in [3.8, 4) is 5.75 Å². The maximum Gasteiger partial charge on any atom is 0.272 e. The lowest BCUT2D eigenvalue weighted by Crippen LogP contribution is -2.31. The van der Waals surface area contributed by atoms with E-state index in [-0.39, 0.29) is 24.2 Å². The Hall–Kier alpha value is -3.07. The van der Waals surface area contributed by atoms with Crippen LogP contribution in [0.3, 0.4) is 0 Å². The zero-order valence-electron chi connectivity index (χ0n) is 17.0. The predicted octanol–water partition coefficient (Wildman–Crippen LogP) is 3.10. The predicted molar refractivity (Wildman–Crippen MR) is 108 cm³/mol. The zero-order chi connectivity index (χ0) is 21.8. The maximum atomic E-state index is 12.4. The van der Waals surface area contributed by atoms with Gasteiger partial charge < -0.3 is 15.2 Å². The van der Waals surface area contributed by atoms with Crippen LogP contribution < -0.4 is 10.1 Å². The quantitative estimate of drug-likeness (QED) is 0.587. The minimum Gasteiger partial charge on any atom is -0.487 e. The van der Waals surface area contributed by atoms with E-state index in [4.69, 9.17) is 4.74 Å². The molecule has 3 aromatic rings. The number of aromatic nitrogens is 3. The molecule has 9 heteroatoms. The highest BCUT2D eigenvalue weighted by Crippen LogP contribution is 2.26. The van der Waals surface area contributed by atoms with Crippen molar-refractivity contribution in [3.05, 3.63) is 53.5 Å². The SMILES string of the molecule is Cc1cc(C(C)n2cc3c(C(=O)NC[C@H](C)O)nccc3n2)ccc1OCC(F)F. The van der Waals surface area contributed by atoms with Gasteiger partial charge in [-0.25, -0.2) is 8.78 Å². The molecule has 2 heterocycles. The first-order valence-electron chi connectivity index (χ1n) is 9.58. The van der Waals surface area contributed by atoms with Crippen molar-refractivity contribution >= 4 is 16.8 Å². The third kappa shape index (κ3) is 4.91. The number of pyridine rings is 1. The number of fused-ring (bicyclic) bond motifs is 1. The van der Waals surface area contributed by atoms with Crippen LogP contribution in [0, 0.1) is 6.92 Å². The third-order valence-corrected chi connectivity index (χ3v) is 4.67. The number of aliphatic hydroxyl groups is 1. The highest BCUT2D eigenvalue weighted by atomic mass is 19.3. The van der Waals surface area contributed by atoms with Gasteiger partial charge in [-0.05, 0) is 44.0 Å². The van der Waals surface area contributed by atoms with Gasteiger partial charge >= 0.3 is 0 Å². The van der Waals surface area contributed by atoms with Crippen molar-refractivity contribution in [2.75, 3.05) is 13.2 Å². The Balaban J connectivity index is 1.85. The van der Waals surface area contributed by atoms with Crippen LogP contribution in [0.4, 0.5) is 8.78 Å². The molecule has 160 valence electrons. The van der Waals surface area contributed by atoms with E-state index >= 15 is 0 Å². The number of hydrogen-bond acceptors (Lipinski definition) is 5. The van der Waals surface area contributed by atoms with Gasteiger partial charge in [0.2, 0.25) is 0 Å². The molecule has 1 amide bonds. The summed E-state index contributed by atoms with van der Waals surface area (Å²) < 4.78 is 31.6. The van der Waals surface area contributed by atoms with Crippen molar-refractivity contribution < 1.29 is 23.4 Å². The molecule has 1 aromatic carbocycles. The minimum absolute atomic E-state index is 0.126. The van der Waals surface area contributed by atoms with Crippen LogP contribution in [0.25, 0.3) is 10.9 Å². The average Bonchev–Trinajstić information content (AvgIpc) is 3.14. The van der Waals surface area contributed by atoms with Gasteiger partial charge in [0.1, 0.15) is 18.1 Å². The molecule has 2 atom stereocenters. The number of nitrogens with one attached hydrogen (secondary N) is 1. The van der Waals surface area contributed by atoms with Crippen LogP contribution in [0.1, 0.15) is 41.5 Å². The van der Waals surface area contributed by atoms with Crippen LogP contribution in [-0.4, -0.2) is 51.5 Å². The fraction of sp³-hybridized carbons (Fsp3) is 0.381. The number of halogens is 2. The summed E-state index contributed by atoms with van der Waals surface area (Å²) in [5, 5.41) is 17.2. The van der Waals surface area contributed by atoms with Crippen LogP contribution in [-0.2, 0) is 0 Å². The molecule has 30 heavy (non-hydrogen) atoms. The van der Waals surface area contributed by atoms with Gasteiger partial charge in [-0.3, -0.25) is 14.5 Å². The highest BCUT2D eigenvalue weighted by Gasteiger charge is 2.18. The van der Waals surface area contributed by atoms with Gasteiger partial charge in [0.15, 0.2) is 0 Å². The fourth-order valence-corrected chi connectivity index (χ4v) is 3.07. The first-order chi connectivity index (χ1) is 14.3. The molecule has 0 aliphatic rings. The Morgan fingerprint density at radius 1 is 1.30 bits per heavy atom. The molecule has 0 radical (unpaired) electrons. The van der Waals surface area contributed by atoms with E-state index in [2.05, 4.69) is 15.4 Å². The van der Waals surface area contributed by atoms with Gasteiger partial charge in [0.05, 0.1) is 23.0 Å². The summed E-state index contributed by atoms with van der Waals surface area (Å²) in [5.74, 6) is 0.0308. The summed E-state index contributed by atoms with van der Waals surface area (Å²) in [6.45, 7) is 4.81. The average molecular weight is 418 g/mol. The van der Waals surface area contributed by atoms with Crippen LogP contribution >= 0.6 is 0 Å². The Bertz CT molecular complexity index is 1040. The molecule has 0 aliphatic heterocycles. The molecule has 0 saturated carbocycles. The molecule has 0 bridgehead atoms. The van der Waals surface area contributed by atoms with Gasteiger partial charge in [0.25, 0.3) is 12.3 Å². The number of aliphatic hydroxyl groups excluding tert-OH is 1. The number of alkyl halides is 2. The standard InChI is InChI=1S/C21H24F2N4O3/c1-12-8-15(4-5-18(12)30-11-19(22)23)14(3)27-10-16-17(26-27)6-7-24-20(16)21(29)25-9-13(2)28/h4-8,10,13-14,19,28H,9,11H2,1-3H3,(H,25,29)/t13-,14?/m0/s1. The Morgan fingerprint density at radius 3 is 2.73 bits per heavy atom. The maximum absolute atomic E-state index is 12.4. The van der Waals surface area contributed by atoms with Crippen molar-refractivity contribution in [1.82, 2.24) is 20.1 Å². The van der Waals surface area contributed by atoms with Crippen molar-refractivity contribution in [3.63, 3.8) is 0 Å². The van der Waals surface area contributed by atoms with E-state index in [0.29, 0.717) is 16.7 Å². The van der Waals surface area contributed by atoms with Crippen molar-refractivity contribution in [2.24, 2.45) is 0 Å². The molecule has 0 fully saturated rings. The first-order valence-corrected chi connectivity index (χ1v) is 9.58. The number of aryl methyl sites for hydroxylation is 1. The monoisotopic (exact) mass is 418 g/mol. The number of carbonyl (C=O) groups is 1. The molecule has 1 unspecified atom stereocenters. The number of hydrogen-bond donors (Lipinski definition) is 2. The number of carbonyl (C=O) groups excluding carboxylic acids is 1. The van der Waals surface area contributed by atoms with Crippen molar-refractivity contribution in [1.29, 1.82) is 0 Å². The highest BCUT2D eigenvalue weighted by molar-refractivity contribution is 6.04. The number of ether oxygens (including phenoxy) is 1. The molecular weight excluding hydrogens is 394 g/mol. The summed E-state index contributed by atoms with van der Waals surface area (Å²) in [4.78, 5) is 16.6. The number of nitrogens with zero attached hydrogens (tertiary/aromatic N) is 3. The summed E-state index contributed by atoms with van der Waals surface area (Å²) in [6, 6.07) is 6.89. The molecule has 2 N–H and O–H groups in total. The lowest BCUT2D eigenvalue weighted by Gasteiger charge is -2.15. The van der Waals surface area contributed by atoms with E-state index in [9.17, 15) is 18.7 Å². The second kappa shape index (κ2) is 9.17. The van der Waals surface area contributed by atoms with Crippen LogP contribution in [0.15, 0.2) is 36.7 Å². The van der Waals surface area contributed by atoms with Gasteiger partial charge in [-0.2, -0.15) is 5.10 Å². The van der Waals surface area contributed by atoms with E-state index < -0.39 is 19.1 Å². The van der Waals surface area contributed by atoms with Gasteiger partial charge in [-0.1, -0.05) is 12.1 Å².